The molecule has 0 unspecified atom stereocenters. The van der Waals surface area contributed by atoms with E-state index in [2.05, 4.69) is 0 Å². The first-order chi connectivity index (χ1) is 9.74. The number of nitrogens with zero attached hydrogens (tertiary/aromatic N) is 1. The highest BCUT2D eigenvalue weighted by Crippen LogP contribution is 2.26. The van der Waals surface area contributed by atoms with E-state index in [0.29, 0.717) is 4.88 Å². The average Bonchev–Trinajstić information content (AvgIpc) is 2.92. The van der Waals surface area contributed by atoms with Crippen LogP contribution in [0.4, 0.5) is 0 Å². The third kappa shape index (κ3) is 2.75. The molecule has 0 N–H and O–H groups in total. The summed E-state index contributed by atoms with van der Waals surface area (Å²) in [6.45, 7) is 1.61. The minimum absolute atomic E-state index is 0.00677. The molecule has 0 aliphatic carbocycles. The van der Waals surface area contributed by atoms with Gasteiger partial charge in [0.2, 0.25) is 5.91 Å². The highest BCUT2D eigenvalue weighted by atomic mass is 32.1. The first kappa shape index (κ1) is 13.3. The molecule has 0 atom stereocenters. The van der Waals surface area contributed by atoms with Crippen LogP contribution < -0.4 is 0 Å². The summed E-state index contributed by atoms with van der Waals surface area (Å²) in [5, 5.41) is 1.08. The number of rotatable bonds is 3. The molecule has 4 heteroatoms. The number of fused-ring (bicyclic) bond motifs is 1. The Balaban J connectivity index is 1.70. The van der Waals surface area contributed by atoms with Crippen molar-refractivity contribution in [1.82, 2.24) is 4.90 Å². The van der Waals surface area contributed by atoms with Crippen molar-refractivity contribution in [3.8, 4) is 0 Å². The number of piperidine rings is 1. The molecule has 1 aromatic heterocycles. The molecule has 0 radical (unpaired) electrons. The van der Waals surface area contributed by atoms with Gasteiger partial charge in [-0.15, -0.1) is 11.3 Å². The van der Waals surface area contributed by atoms with E-state index >= 15 is 0 Å². The average molecular weight is 287 g/mol. The zero-order valence-electron chi connectivity index (χ0n) is 11.3. The summed E-state index contributed by atoms with van der Waals surface area (Å²) >= 11 is 1.47. The normalized spacial score (nSPS) is 15.5. The van der Waals surface area contributed by atoms with Gasteiger partial charge < -0.3 is 4.90 Å². The summed E-state index contributed by atoms with van der Waals surface area (Å²) in [6, 6.07) is 9.82. The lowest BCUT2D eigenvalue weighted by Gasteiger charge is -2.26. The molecule has 2 aromatic rings. The van der Waals surface area contributed by atoms with Crippen LogP contribution in [0, 0.1) is 0 Å². The van der Waals surface area contributed by atoms with Crippen LogP contribution in [0.5, 0.6) is 0 Å². The van der Waals surface area contributed by atoms with Crippen molar-refractivity contribution < 1.29 is 9.59 Å². The summed E-state index contributed by atoms with van der Waals surface area (Å²) in [5.41, 5.74) is 0. The van der Waals surface area contributed by atoms with Crippen LogP contribution >= 0.6 is 11.3 Å². The Kier molecular flexibility index (Phi) is 3.83. The van der Waals surface area contributed by atoms with Gasteiger partial charge in [0, 0.05) is 17.8 Å². The Morgan fingerprint density at radius 2 is 1.85 bits per heavy atom. The predicted octanol–water partition coefficient (Wildman–Crippen LogP) is 3.49. The first-order valence-corrected chi connectivity index (χ1v) is 7.85. The Labute approximate surface area is 122 Å². The number of thiophene rings is 1. The number of carbonyl (C=O) groups excluding carboxylic acids is 2. The zero-order valence-corrected chi connectivity index (χ0v) is 12.1. The van der Waals surface area contributed by atoms with Crippen LogP contribution in [-0.4, -0.2) is 29.7 Å². The van der Waals surface area contributed by atoms with Crippen molar-refractivity contribution in [3.63, 3.8) is 0 Å². The Morgan fingerprint density at radius 3 is 2.60 bits per heavy atom. The number of carbonyl (C=O) groups is 2. The van der Waals surface area contributed by atoms with Crippen LogP contribution in [0.25, 0.3) is 10.1 Å². The van der Waals surface area contributed by atoms with Gasteiger partial charge in [0.1, 0.15) is 0 Å². The fourth-order valence-electron chi connectivity index (χ4n) is 2.60. The molecule has 1 amide bonds. The molecule has 1 fully saturated rings. The number of hydrogen-bond acceptors (Lipinski definition) is 3. The predicted molar refractivity (Wildman–Crippen MR) is 81.2 cm³/mol. The van der Waals surface area contributed by atoms with Gasteiger partial charge in [0.15, 0.2) is 5.78 Å². The molecule has 0 bridgehead atoms. The Morgan fingerprint density at radius 1 is 1.10 bits per heavy atom. The summed E-state index contributed by atoms with van der Waals surface area (Å²) < 4.78 is 1.10. The van der Waals surface area contributed by atoms with Crippen molar-refractivity contribution >= 4 is 33.1 Å². The van der Waals surface area contributed by atoms with Gasteiger partial charge in [-0.05, 0) is 36.8 Å². The van der Waals surface area contributed by atoms with Gasteiger partial charge in [0.05, 0.1) is 11.3 Å². The van der Waals surface area contributed by atoms with E-state index in [1.54, 1.807) is 0 Å². The number of Topliss-reactive ketones (excluding diaryl/α,β-unsaturated/α-hetero) is 1. The second-order valence-corrected chi connectivity index (χ2v) is 6.27. The maximum atomic E-state index is 12.2. The van der Waals surface area contributed by atoms with E-state index in [4.69, 9.17) is 0 Å². The molecular formula is C16H17NO2S. The van der Waals surface area contributed by atoms with Crippen molar-refractivity contribution in [1.29, 1.82) is 0 Å². The van der Waals surface area contributed by atoms with Crippen LogP contribution in [0.15, 0.2) is 30.3 Å². The van der Waals surface area contributed by atoms with E-state index < -0.39 is 0 Å². The maximum Gasteiger partial charge on any atom is 0.230 e. The second-order valence-electron chi connectivity index (χ2n) is 5.19. The lowest BCUT2D eigenvalue weighted by molar-refractivity contribution is -0.131. The lowest BCUT2D eigenvalue weighted by Crippen LogP contribution is -2.36. The third-order valence-electron chi connectivity index (χ3n) is 3.72. The molecular weight excluding hydrogens is 270 g/mol. The quantitative estimate of drug-likeness (QED) is 0.640. The lowest BCUT2D eigenvalue weighted by atomic mass is 10.1. The van der Waals surface area contributed by atoms with Crippen molar-refractivity contribution in [2.75, 3.05) is 13.1 Å². The highest BCUT2D eigenvalue weighted by molar-refractivity contribution is 7.20. The summed E-state index contributed by atoms with van der Waals surface area (Å²) in [7, 11) is 0. The van der Waals surface area contributed by atoms with Gasteiger partial charge in [-0.25, -0.2) is 0 Å². The van der Waals surface area contributed by atoms with E-state index in [1.165, 1.54) is 17.8 Å². The fraction of sp³-hybridized carbons (Fsp3) is 0.375. The molecule has 1 aromatic carbocycles. The molecule has 2 heterocycles. The van der Waals surface area contributed by atoms with Crippen LogP contribution in [0.1, 0.15) is 35.4 Å². The second kappa shape index (κ2) is 5.75. The SMILES string of the molecule is O=C(CC(=O)N1CCCCC1)c1cc2ccccc2s1. The fourth-order valence-corrected chi connectivity index (χ4v) is 3.60. The van der Waals surface area contributed by atoms with E-state index in [9.17, 15) is 9.59 Å². The number of amides is 1. The van der Waals surface area contributed by atoms with Crippen LogP contribution in [0.2, 0.25) is 0 Å². The number of benzene rings is 1. The largest absolute Gasteiger partial charge is 0.342 e. The van der Waals surface area contributed by atoms with Crippen molar-refractivity contribution in [3.05, 3.63) is 35.2 Å². The van der Waals surface area contributed by atoms with Crippen molar-refractivity contribution in [2.24, 2.45) is 0 Å². The molecule has 0 saturated carbocycles. The van der Waals surface area contributed by atoms with Gasteiger partial charge >= 0.3 is 0 Å². The summed E-state index contributed by atoms with van der Waals surface area (Å²) in [5.74, 6) is -0.0751. The highest BCUT2D eigenvalue weighted by Gasteiger charge is 2.21. The zero-order chi connectivity index (χ0) is 13.9. The molecule has 1 aliphatic heterocycles. The smallest absolute Gasteiger partial charge is 0.230 e. The molecule has 3 nitrogen and oxygen atoms in total. The molecule has 3 rings (SSSR count). The van der Waals surface area contributed by atoms with Gasteiger partial charge in [-0.2, -0.15) is 0 Å². The number of hydrogen-bond donors (Lipinski definition) is 0. The van der Waals surface area contributed by atoms with Crippen LogP contribution in [-0.2, 0) is 4.79 Å². The minimum Gasteiger partial charge on any atom is -0.342 e. The first-order valence-electron chi connectivity index (χ1n) is 7.03. The Hall–Kier alpha value is -1.68. The van der Waals surface area contributed by atoms with Crippen LogP contribution in [0.3, 0.4) is 0 Å². The molecule has 1 saturated heterocycles. The van der Waals surface area contributed by atoms with Gasteiger partial charge in [-0.3, -0.25) is 9.59 Å². The number of ketones is 1. The molecule has 1 aliphatic rings. The van der Waals surface area contributed by atoms with E-state index in [-0.39, 0.29) is 18.1 Å². The van der Waals surface area contributed by atoms with Crippen molar-refractivity contribution in [2.45, 2.75) is 25.7 Å². The summed E-state index contributed by atoms with van der Waals surface area (Å²) in [6.07, 6.45) is 3.31. The summed E-state index contributed by atoms with van der Waals surface area (Å²) in [4.78, 5) is 26.9. The molecule has 0 spiro atoms. The van der Waals surface area contributed by atoms with E-state index in [0.717, 1.165) is 36.0 Å². The topological polar surface area (TPSA) is 37.4 Å². The molecule has 104 valence electrons. The molecule has 20 heavy (non-hydrogen) atoms. The number of likely N-dealkylation sites (tertiary alicyclic amines) is 1. The standard InChI is InChI=1S/C16H17NO2S/c18-13(11-16(19)17-8-4-1-5-9-17)15-10-12-6-2-3-7-14(12)20-15/h2-3,6-7,10H,1,4-5,8-9,11H2. The van der Waals surface area contributed by atoms with Gasteiger partial charge in [0.25, 0.3) is 0 Å². The Bertz CT molecular complexity index is 608. The van der Waals surface area contributed by atoms with Gasteiger partial charge in [-0.1, -0.05) is 18.2 Å². The maximum absolute atomic E-state index is 12.2. The third-order valence-corrected chi connectivity index (χ3v) is 4.88. The minimum atomic E-state index is -0.0539. The van der Waals surface area contributed by atoms with E-state index in [1.807, 2.05) is 35.2 Å². The monoisotopic (exact) mass is 287 g/mol.